The van der Waals surface area contributed by atoms with Crippen molar-refractivity contribution in [3.05, 3.63) is 88.0 Å². The van der Waals surface area contributed by atoms with E-state index in [1.165, 1.54) is 27.0 Å². The van der Waals surface area contributed by atoms with Crippen molar-refractivity contribution in [2.45, 2.75) is 13.0 Å². The molecule has 0 spiro atoms. The fourth-order valence-electron chi connectivity index (χ4n) is 4.67. The van der Waals surface area contributed by atoms with Crippen molar-refractivity contribution in [3.8, 4) is 0 Å². The van der Waals surface area contributed by atoms with Gasteiger partial charge >= 0.3 is 0 Å². The molecular formula is C24H25FN3S+. The Kier molecular flexibility index (Phi) is 4.86. The number of para-hydroxylation sites is 1. The third-order valence-corrected chi connectivity index (χ3v) is 7.00. The van der Waals surface area contributed by atoms with E-state index in [-0.39, 0.29) is 5.82 Å². The molecule has 1 saturated heterocycles. The average molecular weight is 407 g/mol. The zero-order valence-electron chi connectivity index (χ0n) is 16.5. The summed E-state index contributed by atoms with van der Waals surface area (Å²) >= 11 is 1.85. The SMILES string of the molecule is Cc1[nH]c2ccccc2c1[C@H](c1cccs1)[NH+]1CCN(c2ccc(F)cc2)CC1. The van der Waals surface area contributed by atoms with Crippen molar-refractivity contribution in [2.75, 3.05) is 31.1 Å². The van der Waals surface area contributed by atoms with Gasteiger partial charge in [-0.25, -0.2) is 4.39 Å². The van der Waals surface area contributed by atoms with E-state index >= 15 is 0 Å². The van der Waals surface area contributed by atoms with Crippen molar-refractivity contribution in [1.29, 1.82) is 0 Å². The minimum Gasteiger partial charge on any atom is -0.360 e. The minimum absolute atomic E-state index is 0.175. The molecule has 0 aliphatic carbocycles. The number of anilines is 1. The van der Waals surface area contributed by atoms with Gasteiger partial charge in [0, 0.05) is 27.8 Å². The maximum absolute atomic E-state index is 13.3. The summed E-state index contributed by atoms with van der Waals surface area (Å²) in [5.74, 6) is -0.175. The Hall–Kier alpha value is -2.63. The molecule has 5 heteroatoms. The predicted molar refractivity (Wildman–Crippen MR) is 119 cm³/mol. The van der Waals surface area contributed by atoms with Gasteiger partial charge in [-0.3, -0.25) is 0 Å². The molecule has 1 fully saturated rings. The number of aromatic nitrogens is 1. The number of benzene rings is 2. The maximum Gasteiger partial charge on any atom is 0.151 e. The number of nitrogens with one attached hydrogen (secondary N) is 2. The summed E-state index contributed by atoms with van der Waals surface area (Å²) in [6.45, 7) is 6.26. The normalized spacial score (nSPS) is 16.4. The zero-order valence-corrected chi connectivity index (χ0v) is 17.3. The van der Waals surface area contributed by atoms with E-state index in [0.717, 1.165) is 31.9 Å². The van der Waals surface area contributed by atoms with Crippen LogP contribution in [0.15, 0.2) is 66.0 Å². The van der Waals surface area contributed by atoms with Crippen LogP contribution in [0, 0.1) is 12.7 Å². The molecule has 0 unspecified atom stereocenters. The monoisotopic (exact) mass is 406 g/mol. The fraction of sp³-hybridized carbons (Fsp3) is 0.250. The van der Waals surface area contributed by atoms with Gasteiger partial charge in [0.1, 0.15) is 5.82 Å². The summed E-state index contributed by atoms with van der Waals surface area (Å²) in [7, 11) is 0. The molecule has 148 valence electrons. The van der Waals surface area contributed by atoms with Crippen LogP contribution in [0.1, 0.15) is 22.2 Å². The Morgan fingerprint density at radius 3 is 2.48 bits per heavy atom. The summed E-state index contributed by atoms with van der Waals surface area (Å²) in [5.41, 5.74) is 5.01. The second-order valence-electron chi connectivity index (χ2n) is 7.78. The third-order valence-electron chi connectivity index (χ3n) is 6.07. The highest BCUT2D eigenvalue weighted by Crippen LogP contribution is 2.32. The molecule has 0 radical (unpaired) electrons. The van der Waals surface area contributed by atoms with Crippen LogP contribution in [0.5, 0.6) is 0 Å². The first-order valence-corrected chi connectivity index (χ1v) is 11.0. The molecule has 29 heavy (non-hydrogen) atoms. The lowest BCUT2D eigenvalue weighted by Crippen LogP contribution is -3.15. The molecule has 3 heterocycles. The molecule has 4 aromatic rings. The number of rotatable bonds is 4. The summed E-state index contributed by atoms with van der Waals surface area (Å²) in [5, 5.41) is 3.51. The minimum atomic E-state index is -0.175. The van der Waals surface area contributed by atoms with E-state index < -0.39 is 0 Å². The van der Waals surface area contributed by atoms with Gasteiger partial charge in [-0.1, -0.05) is 24.3 Å². The Labute approximate surface area is 174 Å². The Bertz CT molecular complexity index is 1090. The van der Waals surface area contributed by atoms with E-state index in [0.29, 0.717) is 6.04 Å². The van der Waals surface area contributed by atoms with Gasteiger partial charge in [-0.05, 0) is 48.7 Å². The molecular weight excluding hydrogens is 381 g/mol. The second-order valence-corrected chi connectivity index (χ2v) is 8.76. The number of quaternary nitrogens is 1. The first-order chi connectivity index (χ1) is 14.2. The standard InChI is InChI=1S/C24H24FN3S/c1-17-23(20-5-2-3-6-21(20)26-17)24(22-7-4-16-29-22)28-14-12-27(13-15-28)19-10-8-18(25)9-11-19/h2-11,16,24,26H,12-15H2,1H3/p+1/t24-/m0/s1. The van der Waals surface area contributed by atoms with Crippen LogP contribution in [0.4, 0.5) is 10.1 Å². The highest BCUT2D eigenvalue weighted by molar-refractivity contribution is 7.10. The topological polar surface area (TPSA) is 23.5 Å². The summed E-state index contributed by atoms with van der Waals surface area (Å²) < 4.78 is 13.3. The molecule has 1 atom stereocenters. The smallest absolute Gasteiger partial charge is 0.151 e. The van der Waals surface area contributed by atoms with Crippen molar-refractivity contribution in [1.82, 2.24) is 4.98 Å². The number of piperazine rings is 1. The van der Waals surface area contributed by atoms with Gasteiger partial charge in [0.25, 0.3) is 0 Å². The first kappa shape index (κ1) is 18.4. The van der Waals surface area contributed by atoms with Crippen LogP contribution in [0.25, 0.3) is 10.9 Å². The van der Waals surface area contributed by atoms with Crippen LogP contribution >= 0.6 is 11.3 Å². The number of aromatic amines is 1. The number of thiophene rings is 1. The number of hydrogen-bond acceptors (Lipinski definition) is 2. The Morgan fingerprint density at radius 2 is 1.76 bits per heavy atom. The largest absolute Gasteiger partial charge is 0.360 e. The molecule has 0 amide bonds. The number of aryl methyl sites for hydroxylation is 1. The summed E-state index contributed by atoms with van der Waals surface area (Å²) in [4.78, 5) is 8.98. The van der Waals surface area contributed by atoms with Crippen molar-refractivity contribution >= 4 is 27.9 Å². The van der Waals surface area contributed by atoms with Gasteiger partial charge in [0.2, 0.25) is 0 Å². The number of fused-ring (bicyclic) bond motifs is 1. The molecule has 1 aliphatic heterocycles. The van der Waals surface area contributed by atoms with E-state index in [1.807, 2.05) is 23.5 Å². The molecule has 2 N–H and O–H groups in total. The molecule has 0 saturated carbocycles. The van der Waals surface area contributed by atoms with E-state index in [4.69, 9.17) is 0 Å². The number of nitrogens with zero attached hydrogens (tertiary/aromatic N) is 1. The van der Waals surface area contributed by atoms with Crippen molar-refractivity contribution < 1.29 is 9.29 Å². The number of halogens is 1. The van der Waals surface area contributed by atoms with Gasteiger partial charge in [0.05, 0.1) is 31.1 Å². The highest BCUT2D eigenvalue weighted by atomic mass is 32.1. The van der Waals surface area contributed by atoms with Crippen LogP contribution in [0.3, 0.4) is 0 Å². The molecule has 5 rings (SSSR count). The maximum atomic E-state index is 13.3. The molecule has 2 aromatic heterocycles. The van der Waals surface area contributed by atoms with Gasteiger partial charge in [-0.2, -0.15) is 0 Å². The molecule has 3 nitrogen and oxygen atoms in total. The van der Waals surface area contributed by atoms with E-state index in [2.05, 4.69) is 58.6 Å². The number of H-pyrrole nitrogens is 1. The zero-order chi connectivity index (χ0) is 19.8. The highest BCUT2D eigenvalue weighted by Gasteiger charge is 2.33. The van der Waals surface area contributed by atoms with Gasteiger partial charge in [-0.15, -0.1) is 11.3 Å². The summed E-state index contributed by atoms with van der Waals surface area (Å²) in [6, 6.07) is 20.3. The fourth-order valence-corrected chi connectivity index (χ4v) is 5.56. The van der Waals surface area contributed by atoms with Crippen LogP contribution in [0.2, 0.25) is 0 Å². The molecule has 0 bridgehead atoms. The first-order valence-electron chi connectivity index (χ1n) is 10.2. The second kappa shape index (κ2) is 7.65. The Balaban J connectivity index is 1.46. The van der Waals surface area contributed by atoms with Crippen molar-refractivity contribution in [3.63, 3.8) is 0 Å². The van der Waals surface area contributed by atoms with Crippen LogP contribution in [-0.4, -0.2) is 31.2 Å². The predicted octanol–water partition coefficient (Wildman–Crippen LogP) is 4.17. The quantitative estimate of drug-likeness (QED) is 0.522. The van der Waals surface area contributed by atoms with E-state index in [9.17, 15) is 4.39 Å². The summed E-state index contributed by atoms with van der Waals surface area (Å²) in [6.07, 6.45) is 0. The lowest BCUT2D eigenvalue weighted by atomic mass is 9.99. The lowest BCUT2D eigenvalue weighted by Gasteiger charge is -2.37. The molecule has 2 aromatic carbocycles. The van der Waals surface area contributed by atoms with Gasteiger partial charge in [0.15, 0.2) is 6.04 Å². The van der Waals surface area contributed by atoms with Crippen molar-refractivity contribution in [2.24, 2.45) is 0 Å². The lowest BCUT2D eigenvalue weighted by molar-refractivity contribution is -0.925. The average Bonchev–Trinajstić information content (AvgIpc) is 3.38. The number of hydrogen-bond donors (Lipinski definition) is 2. The van der Waals surface area contributed by atoms with Crippen LogP contribution < -0.4 is 9.80 Å². The Morgan fingerprint density at radius 1 is 1.00 bits per heavy atom. The van der Waals surface area contributed by atoms with Gasteiger partial charge < -0.3 is 14.8 Å². The van der Waals surface area contributed by atoms with E-state index in [1.54, 1.807) is 17.0 Å². The van der Waals surface area contributed by atoms with Crippen LogP contribution in [-0.2, 0) is 0 Å². The third kappa shape index (κ3) is 3.45. The molecule has 1 aliphatic rings.